The molecule has 0 heterocycles. The third-order valence-corrected chi connectivity index (χ3v) is 6.42. The number of urea groups is 1. The molecule has 0 aromatic heterocycles. The topological polar surface area (TPSA) is 78.4 Å². The number of aliphatic carboxylic acids is 1. The van der Waals surface area contributed by atoms with Crippen molar-refractivity contribution >= 4 is 29.4 Å². The highest BCUT2D eigenvalue weighted by molar-refractivity contribution is 7.99. The summed E-state index contributed by atoms with van der Waals surface area (Å²) in [6, 6.07) is 23.3. The first-order valence-corrected chi connectivity index (χ1v) is 12.1. The summed E-state index contributed by atoms with van der Waals surface area (Å²) in [5, 5.41) is 15.1. The van der Waals surface area contributed by atoms with Crippen molar-refractivity contribution in [2.45, 2.75) is 41.9 Å². The van der Waals surface area contributed by atoms with Crippen molar-refractivity contribution in [3.63, 3.8) is 0 Å². The van der Waals surface area contributed by atoms with Crippen molar-refractivity contribution < 1.29 is 14.7 Å². The Hall–Kier alpha value is -3.51. The highest BCUT2D eigenvalue weighted by Gasteiger charge is 2.17. The monoisotopic (exact) mass is 474 g/mol. The number of amides is 2. The number of carbonyl (C=O) groups is 2. The van der Waals surface area contributed by atoms with Gasteiger partial charge in [0, 0.05) is 22.0 Å². The van der Waals surface area contributed by atoms with E-state index in [1.807, 2.05) is 67.6 Å². The molecule has 0 aliphatic carbocycles. The van der Waals surface area contributed by atoms with Crippen molar-refractivity contribution in [2.24, 2.45) is 0 Å². The Kier molecular flexibility index (Phi) is 9.35. The molecule has 3 rings (SSSR count). The predicted molar refractivity (Wildman–Crippen MR) is 139 cm³/mol. The average molecular weight is 475 g/mol. The van der Waals surface area contributed by atoms with Gasteiger partial charge in [0.05, 0.1) is 5.92 Å². The number of rotatable bonds is 11. The van der Waals surface area contributed by atoms with Crippen LogP contribution in [0.1, 0.15) is 36.0 Å². The van der Waals surface area contributed by atoms with Gasteiger partial charge < -0.3 is 15.7 Å². The van der Waals surface area contributed by atoms with Crippen LogP contribution in [-0.2, 0) is 17.6 Å². The number of carbonyl (C=O) groups excluding carboxylic acids is 1. The number of allylic oxidation sites excluding steroid dienone is 1. The van der Waals surface area contributed by atoms with E-state index < -0.39 is 11.9 Å². The molecule has 3 aromatic rings. The summed E-state index contributed by atoms with van der Waals surface area (Å²) in [5.41, 5.74) is 3.94. The second-order valence-corrected chi connectivity index (χ2v) is 9.09. The van der Waals surface area contributed by atoms with Crippen molar-refractivity contribution in [1.82, 2.24) is 5.32 Å². The lowest BCUT2D eigenvalue weighted by Crippen LogP contribution is -2.30. The molecule has 5 nitrogen and oxygen atoms in total. The molecule has 0 fully saturated rings. The highest BCUT2D eigenvalue weighted by Crippen LogP contribution is 2.30. The fraction of sp³-hybridized carbons (Fsp3) is 0.214. The minimum Gasteiger partial charge on any atom is -0.481 e. The van der Waals surface area contributed by atoms with E-state index in [-0.39, 0.29) is 6.03 Å². The number of anilines is 1. The summed E-state index contributed by atoms with van der Waals surface area (Å²) in [6.45, 7) is 6.19. The van der Waals surface area contributed by atoms with Gasteiger partial charge in [-0.3, -0.25) is 4.79 Å². The zero-order valence-electron chi connectivity index (χ0n) is 19.3. The molecule has 0 aliphatic rings. The van der Waals surface area contributed by atoms with Gasteiger partial charge in [0.15, 0.2) is 0 Å². The molecule has 0 spiro atoms. The maximum Gasteiger partial charge on any atom is 0.319 e. The summed E-state index contributed by atoms with van der Waals surface area (Å²) in [4.78, 5) is 25.6. The molecule has 0 radical (unpaired) electrons. The number of hydrogen-bond acceptors (Lipinski definition) is 3. The van der Waals surface area contributed by atoms with E-state index in [9.17, 15) is 14.7 Å². The maximum atomic E-state index is 12.2. The molecule has 0 bridgehead atoms. The van der Waals surface area contributed by atoms with Gasteiger partial charge in [-0.2, -0.15) is 0 Å². The molecule has 3 N–H and O–H groups in total. The van der Waals surface area contributed by atoms with Crippen molar-refractivity contribution in [3.05, 3.63) is 102 Å². The van der Waals surface area contributed by atoms with Gasteiger partial charge in [0.2, 0.25) is 0 Å². The molecule has 0 aliphatic heterocycles. The van der Waals surface area contributed by atoms with E-state index in [1.165, 1.54) is 11.1 Å². The molecule has 2 amide bonds. The SMILES string of the molecule is C=CCc1cccc(CCNC(=O)Nc2ccc(Sc3ccc(C(CC)C(=O)O)cc3)cc2)c1. The van der Waals surface area contributed by atoms with E-state index >= 15 is 0 Å². The highest BCUT2D eigenvalue weighted by atomic mass is 32.2. The Morgan fingerprint density at radius 2 is 1.65 bits per heavy atom. The molecular formula is C28H30N2O3S. The number of hydrogen-bond donors (Lipinski definition) is 3. The van der Waals surface area contributed by atoms with E-state index in [2.05, 4.69) is 35.4 Å². The van der Waals surface area contributed by atoms with Crippen molar-refractivity contribution in [1.29, 1.82) is 0 Å². The minimum atomic E-state index is -0.798. The Balaban J connectivity index is 1.47. The molecule has 0 saturated heterocycles. The Morgan fingerprint density at radius 1 is 1.00 bits per heavy atom. The summed E-state index contributed by atoms with van der Waals surface area (Å²) in [5.74, 6) is -1.27. The number of carboxylic acid groups (broad SMARTS) is 1. The van der Waals surface area contributed by atoms with Gasteiger partial charge in [-0.25, -0.2) is 4.79 Å². The summed E-state index contributed by atoms with van der Waals surface area (Å²) in [6.07, 6.45) is 4.05. The Labute approximate surface area is 205 Å². The second kappa shape index (κ2) is 12.7. The summed E-state index contributed by atoms with van der Waals surface area (Å²) < 4.78 is 0. The van der Waals surface area contributed by atoms with Crippen LogP contribution >= 0.6 is 11.8 Å². The van der Waals surface area contributed by atoms with Crippen molar-refractivity contribution in [2.75, 3.05) is 11.9 Å². The Bertz CT molecular complexity index is 1110. The Morgan fingerprint density at radius 3 is 2.26 bits per heavy atom. The van der Waals surface area contributed by atoms with Crippen LogP contribution in [-0.4, -0.2) is 23.7 Å². The van der Waals surface area contributed by atoms with E-state index in [0.29, 0.717) is 13.0 Å². The van der Waals surface area contributed by atoms with Crippen molar-refractivity contribution in [3.8, 4) is 0 Å². The lowest BCUT2D eigenvalue weighted by Gasteiger charge is -2.11. The molecule has 0 saturated carbocycles. The molecule has 1 unspecified atom stereocenters. The summed E-state index contributed by atoms with van der Waals surface area (Å²) >= 11 is 1.59. The van der Waals surface area contributed by atoms with E-state index in [1.54, 1.807) is 11.8 Å². The molecule has 1 atom stereocenters. The fourth-order valence-electron chi connectivity index (χ4n) is 3.64. The van der Waals surface area contributed by atoms with E-state index in [4.69, 9.17) is 0 Å². The minimum absolute atomic E-state index is 0.234. The van der Waals surface area contributed by atoms with Crippen LogP contribution in [0.2, 0.25) is 0 Å². The quantitative estimate of drug-likeness (QED) is 0.277. The standard InChI is InChI=1S/C28H30N2O3S/c1-3-6-20-7-5-8-21(19-20)17-18-29-28(33)30-23-11-15-25(16-12-23)34-24-13-9-22(10-14-24)26(4-2)27(31)32/h3,5,7-16,19,26H,1,4,6,17-18H2,2H3,(H,31,32)(H2,29,30,33). The zero-order chi connectivity index (χ0) is 24.3. The maximum absolute atomic E-state index is 12.2. The van der Waals surface area contributed by atoms with Gasteiger partial charge >= 0.3 is 12.0 Å². The summed E-state index contributed by atoms with van der Waals surface area (Å²) in [7, 11) is 0. The van der Waals surface area contributed by atoms with Gasteiger partial charge in [-0.15, -0.1) is 6.58 Å². The van der Waals surface area contributed by atoms with Crippen LogP contribution < -0.4 is 10.6 Å². The molecule has 3 aromatic carbocycles. The molecule has 34 heavy (non-hydrogen) atoms. The first kappa shape index (κ1) is 25.1. The van der Waals surface area contributed by atoms with E-state index in [0.717, 1.165) is 33.9 Å². The van der Waals surface area contributed by atoms with Crippen LogP contribution in [0, 0.1) is 0 Å². The zero-order valence-corrected chi connectivity index (χ0v) is 20.1. The first-order valence-electron chi connectivity index (χ1n) is 11.3. The van der Waals surface area contributed by atoms with Gasteiger partial charge in [-0.1, -0.05) is 61.2 Å². The van der Waals surface area contributed by atoms with Crippen LogP contribution in [0.5, 0.6) is 0 Å². The second-order valence-electron chi connectivity index (χ2n) is 7.94. The van der Waals surface area contributed by atoms with Crippen LogP contribution in [0.15, 0.2) is 95.2 Å². The van der Waals surface area contributed by atoms with Gasteiger partial charge in [0.25, 0.3) is 0 Å². The van der Waals surface area contributed by atoms with Gasteiger partial charge in [0.1, 0.15) is 0 Å². The largest absolute Gasteiger partial charge is 0.481 e. The average Bonchev–Trinajstić information content (AvgIpc) is 2.82. The number of benzene rings is 3. The molecule has 176 valence electrons. The van der Waals surface area contributed by atoms with Crippen LogP contribution in [0.3, 0.4) is 0 Å². The third-order valence-electron chi connectivity index (χ3n) is 5.41. The lowest BCUT2D eigenvalue weighted by atomic mass is 9.97. The first-order chi connectivity index (χ1) is 16.5. The number of nitrogens with one attached hydrogen (secondary N) is 2. The predicted octanol–water partition coefficient (Wildman–Crippen LogP) is 6.51. The molecular weight excluding hydrogens is 444 g/mol. The lowest BCUT2D eigenvalue weighted by molar-refractivity contribution is -0.138. The number of carboxylic acids is 1. The fourth-order valence-corrected chi connectivity index (χ4v) is 4.45. The smallest absolute Gasteiger partial charge is 0.319 e. The molecule has 6 heteroatoms. The van der Waals surface area contributed by atoms with Gasteiger partial charge in [-0.05, 0) is 72.4 Å². The van der Waals surface area contributed by atoms with Crippen LogP contribution in [0.25, 0.3) is 0 Å². The van der Waals surface area contributed by atoms with Crippen LogP contribution in [0.4, 0.5) is 10.5 Å². The normalized spacial score (nSPS) is 11.4. The third kappa shape index (κ3) is 7.52.